The molecule has 1 aromatic heterocycles. The highest BCUT2D eigenvalue weighted by Gasteiger charge is 2.10. The summed E-state index contributed by atoms with van der Waals surface area (Å²) in [7, 11) is 1.60. The Labute approximate surface area is 125 Å². The van der Waals surface area contributed by atoms with Crippen molar-refractivity contribution >= 4 is 17.9 Å². The van der Waals surface area contributed by atoms with Gasteiger partial charge >= 0.3 is 5.97 Å². The van der Waals surface area contributed by atoms with Crippen LogP contribution in [0.5, 0.6) is 5.88 Å². The number of aliphatic imine (C=N–C) groups is 1. The third-order valence-electron chi connectivity index (χ3n) is 2.92. The molecule has 0 saturated heterocycles. The summed E-state index contributed by atoms with van der Waals surface area (Å²) in [5, 5.41) is 0. The van der Waals surface area contributed by atoms with E-state index in [4.69, 9.17) is 9.47 Å². The van der Waals surface area contributed by atoms with Crippen molar-refractivity contribution in [3.8, 4) is 5.88 Å². The Morgan fingerprint density at radius 1 is 1.38 bits per heavy atom. The van der Waals surface area contributed by atoms with Gasteiger partial charge in [0.1, 0.15) is 0 Å². The number of methoxy groups -OCH3 is 1. The lowest BCUT2D eigenvalue weighted by atomic mass is 10.1. The molecule has 0 unspecified atom stereocenters. The number of hydrogen-bond donors (Lipinski definition) is 0. The molecule has 0 aliphatic carbocycles. The molecular formula is C16H22N2O3. The molecule has 0 saturated carbocycles. The molecule has 1 rings (SSSR count). The van der Waals surface area contributed by atoms with Crippen molar-refractivity contribution in [3.63, 3.8) is 0 Å². The maximum absolute atomic E-state index is 11.5. The Balaban J connectivity index is 3.06. The van der Waals surface area contributed by atoms with E-state index in [2.05, 4.69) is 16.6 Å². The van der Waals surface area contributed by atoms with Gasteiger partial charge in [-0.3, -0.25) is 4.99 Å². The zero-order valence-electron chi connectivity index (χ0n) is 13.1. The van der Waals surface area contributed by atoms with Crippen LogP contribution in [-0.2, 0) is 22.4 Å². The number of hydrogen-bond acceptors (Lipinski definition) is 5. The first kappa shape index (κ1) is 16.9. The number of carbonyl (C=O) groups excluding carboxylic acids is 1. The summed E-state index contributed by atoms with van der Waals surface area (Å²) in [6.07, 6.45) is 2.93. The van der Waals surface area contributed by atoms with E-state index in [0.717, 1.165) is 29.8 Å². The van der Waals surface area contributed by atoms with Crippen LogP contribution in [-0.4, -0.2) is 30.9 Å². The fourth-order valence-corrected chi connectivity index (χ4v) is 1.79. The summed E-state index contributed by atoms with van der Waals surface area (Å²) >= 11 is 0. The molecule has 0 fully saturated rings. The second kappa shape index (κ2) is 8.19. The van der Waals surface area contributed by atoms with Gasteiger partial charge in [-0.15, -0.1) is 0 Å². The predicted octanol–water partition coefficient (Wildman–Crippen LogP) is 3.04. The number of nitrogens with zero attached hydrogens (tertiary/aromatic N) is 2. The van der Waals surface area contributed by atoms with Crippen LogP contribution in [0.25, 0.3) is 0 Å². The van der Waals surface area contributed by atoms with Crippen LogP contribution >= 0.6 is 0 Å². The molecule has 0 aromatic carbocycles. The van der Waals surface area contributed by atoms with Crippen molar-refractivity contribution in [2.45, 2.75) is 33.6 Å². The standard InChI is InChI=1S/C16H22N2O3/c1-6-12-9-14(13(7-2)18-15(12)20-5)17-10-11(4)16(19)21-8-3/h9-10H,4,6-8H2,1-3,5H3/b17-10-. The highest BCUT2D eigenvalue weighted by molar-refractivity contribution is 6.09. The third-order valence-corrected chi connectivity index (χ3v) is 2.92. The molecule has 0 aliphatic rings. The first-order valence-electron chi connectivity index (χ1n) is 7.04. The van der Waals surface area contributed by atoms with Crippen molar-refractivity contribution in [1.82, 2.24) is 4.98 Å². The van der Waals surface area contributed by atoms with Gasteiger partial charge in [-0.05, 0) is 25.8 Å². The molecule has 0 aliphatic heterocycles. The predicted molar refractivity (Wildman–Crippen MR) is 83.5 cm³/mol. The minimum atomic E-state index is -0.462. The molecule has 0 amide bonds. The van der Waals surface area contributed by atoms with Crippen LogP contribution in [0, 0.1) is 0 Å². The van der Waals surface area contributed by atoms with E-state index in [0.29, 0.717) is 12.5 Å². The maximum Gasteiger partial charge on any atom is 0.339 e. The molecule has 0 radical (unpaired) electrons. The largest absolute Gasteiger partial charge is 0.481 e. The molecule has 5 heteroatoms. The van der Waals surface area contributed by atoms with Crippen molar-refractivity contribution in [2.24, 2.45) is 4.99 Å². The third kappa shape index (κ3) is 4.41. The molecule has 0 bridgehead atoms. The van der Waals surface area contributed by atoms with Crippen molar-refractivity contribution in [2.75, 3.05) is 13.7 Å². The average Bonchev–Trinajstić information content (AvgIpc) is 2.51. The Kier molecular flexibility index (Phi) is 6.59. The topological polar surface area (TPSA) is 60.8 Å². The second-order valence-corrected chi connectivity index (χ2v) is 4.33. The molecular weight excluding hydrogens is 268 g/mol. The lowest BCUT2D eigenvalue weighted by molar-refractivity contribution is -0.137. The number of esters is 1. The van der Waals surface area contributed by atoms with E-state index in [1.54, 1.807) is 14.0 Å². The lowest BCUT2D eigenvalue weighted by Crippen LogP contribution is -2.07. The van der Waals surface area contributed by atoms with E-state index in [1.807, 2.05) is 19.9 Å². The number of aromatic nitrogens is 1. The molecule has 114 valence electrons. The van der Waals surface area contributed by atoms with Gasteiger partial charge in [0.05, 0.1) is 30.7 Å². The fraction of sp³-hybridized carbons (Fsp3) is 0.438. The highest BCUT2D eigenvalue weighted by atomic mass is 16.5. The summed E-state index contributed by atoms with van der Waals surface area (Å²) in [4.78, 5) is 20.3. The lowest BCUT2D eigenvalue weighted by Gasteiger charge is -2.10. The first-order valence-corrected chi connectivity index (χ1v) is 7.04. The van der Waals surface area contributed by atoms with Gasteiger partial charge in [0.25, 0.3) is 0 Å². The summed E-state index contributed by atoms with van der Waals surface area (Å²) in [6, 6.07) is 1.93. The number of pyridine rings is 1. The maximum atomic E-state index is 11.5. The zero-order valence-corrected chi connectivity index (χ0v) is 13.1. The highest BCUT2D eigenvalue weighted by Crippen LogP contribution is 2.26. The summed E-state index contributed by atoms with van der Waals surface area (Å²) < 4.78 is 10.1. The van der Waals surface area contributed by atoms with Gasteiger partial charge in [-0.25, -0.2) is 9.78 Å². The van der Waals surface area contributed by atoms with Crippen LogP contribution in [0.15, 0.2) is 23.2 Å². The minimum Gasteiger partial charge on any atom is -0.481 e. The van der Waals surface area contributed by atoms with Crippen LogP contribution in [0.1, 0.15) is 32.0 Å². The molecule has 21 heavy (non-hydrogen) atoms. The minimum absolute atomic E-state index is 0.216. The number of aryl methyl sites for hydroxylation is 2. The van der Waals surface area contributed by atoms with E-state index in [1.165, 1.54) is 6.21 Å². The Bertz CT molecular complexity index is 551. The Hall–Kier alpha value is -2.17. The van der Waals surface area contributed by atoms with Crippen LogP contribution in [0.3, 0.4) is 0 Å². The quantitative estimate of drug-likeness (QED) is 0.440. The van der Waals surface area contributed by atoms with Gasteiger partial charge in [0.15, 0.2) is 0 Å². The molecule has 1 heterocycles. The van der Waals surface area contributed by atoms with E-state index >= 15 is 0 Å². The zero-order chi connectivity index (χ0) is 15.8. The molecule has 0 spiro atoms. The number of rotatable bonds is 7. The van der Waals surface area contributed by atoms with Gasteiger partial charge in [0.2, 0.25) is 5.88 Å². The molecule has 5 nitrogen and oxygen atoms in total. The molecule has 1 aromatic rings. The van der Waals surface area contributed by atoms with E-state index in [9.17, 15) is 4.79 Å². The SMILES string of the molecule is C=C(/C=N\c1cc(CC)c(OC)nc1CC)C(=O)OCC. The second-order valence-electron chi connectivity index (χ2n) is 4.33. The van der Waals surface area contributed by atoms with Crippen molar-refractivity contribution in [3.05, 3.63) is 29.5 Å². The number of carbonyl (C=O) groups is 1. The first-order chi connectivity index (χ1) is 10.1. The normalized spacial score (nSPS) is 10.7. The van der Waals surface area contributed by atoms with E-state index < -0.39 is 5.97 Å². The monoisotopic (exact) mass is 290 g/mol. The van der Waals surface area contributed by atoms with Crippen LogP contribution < -0.4 is 4.74 Å². The van der Waals surface area contributed by atoms with Gasteiger partial charge < -0.3 is 9.47 Å². The Morgan fingerprint density at radius 3 is 2.62 bits per heavy atom. The fourth-order valence-electron chi connectivity index (χ4n) is 1.79. The van der Waals surface area contributed by atoms with Crippen molar-refractivity contribution in [1.29, 1.82) is 0 Å². The average molecular weight is 290 g/mol. The van der Waals surface area contributed by atoms with Crippen LogP contribution in [0.2, 0.25) is 0 Å². The molecule has 0 atom stereocenters. The summed E-state index contributed by atoms with van der Waals surface area (Å²) in [5.41, 5.74) is 2.73. The van der Waals surface area contributed by atoms with Crippen molar-refractivity contribution < 1.29 is 14.3 Å². The summed E-state index contributed by atoms with van der Waals surface area (Å²) in [6.45, 7) is 9.73. The summed E-state index contributed by atoms with van der Waals surface area (Å²) in [5.74, 6) is 0.161. The Morgan fingerprint density at radius 2 is 2.10 bits per heavy atom. The van der Waals surface area contributed by atoms with Gasteiger partial charge in [-0.1, -0.05) is 20.4 Å². The smallest absolute Gasteiger partial charge is 0.339 e. The van der Waals surface area contributed by atoms with Crippen LogP contribution in [0.4, 0.5) is 5.69 Å². The van der Waals surface area contributed by atoms with Gasteiger partial charge in [0, 0.05) is 11.8 Å². The van der Waals surface area contributed by atoms with E-state index in [-0.39, 0.29) is 5.57 Å². The molecule has 0 N–H and O–H groups in total. The number of ether oxygens (including phenoxy) is 2. The van der Waals surface area contributed by atoms with Gasteiger partial charge in [-0.2, -0.15) is 0 Å².